The molecule has 1 amide bonds. The quantitative estimate of drug-likeness (QED) is 0.825. The summed E-state index contributed by atoms with van der Waals surface area (Å²) < 4.78 is 1.69. The maximum absolute atomic E-state index is 12.2. The fraction of sp³-hybridized carbons (Fsp3) is 0.667. The second-order valence-corrected chi connectivity index (χ2v) is 4.51. The zero-order valence-electron chi connectivity index (χ0n) is 11.1. The van der Waals surface area contributed by atoms with Gasteiger partial charge in [0.15, 0.2) is 0 Å². The Balaban J connectivity index is 2.74. The van der Waals surface area contributed by atoms with Crippen LogP contribution in [0.15, 0.2) is 6.20 Å². The molecule has 1 aromatic rings. The van der Waals surface area contributed by atoms with E-state index in [9.17, 15) is 4.79 Å². The van der Waals surface area contributed by atoms with Crippen molar-refractivity contribution in [2.24, 2.45) is 12.8 Å². The molecule has 1 aromatic heterocycles. The zero-order valence-corrected chi connectivity index (χ0v) is 11.1. The Kier molecular flexibility index (Phi) is 4.69. The summed E-state index contributed by atoms with van der Waals surface area (Å²) in [7, 11) is 3.63. The van der Waals surface area contributed by atoms with Crippen molar-refractivity contribution in [2.75, 3.05) is 13.6 Å². The van der Waals surface area contributed by atoms with Gasteiger partial charge in [0.1, 0.15) is 0 Å². The van der Waals surface area contributed by atoms with Gasteiger partial charge in [-0.25, -0.2) is 0 Å². The molecule has 1 rings (SSSR count). The minimum absolute atomic E-state index is 0.0237. The van der Waals surface area contributed by atoms with Gasteiger partial charge in [-0.3, -0.25) is 9.48 Å². The number of hydrogen-bond donors (Lipinski definition) is 1. The SMILES string of the molecule is CCc1nn(C)cc1C(=O)N(C)CCC(C)N. The first-order valence-electron chi connectivity index (χ1n) is 5.99. The largest absolute Gasteiger partial charge is 0.342 e. The lowest BCUT2D eigenvalue weighted by atomic mass is 10.1. The number of amides is 1. The summed E-state index contributed by atoms with van der Waals surface area (Å²) in [5, 5.41) is 4.27. The minimum atomic E-state index is 0.0237. The van der Waals surface area contributed by atoms with E-state index in [2.05, 4.69) is 5.10 Å². The van der Waals surface area contributed by atoms with Crippen molar-refractivity contribution in [2.45, 2.75) is 32.7 Å². The van der Waals surface area contributed by atoms with Crippen LogP contribution in [-0.4, -0.2) is 40.2 Å². The van der Waals surface area contributed by atoms with E-state index < -0.39 is 0 Å². The summed E-state index contributed by atoms with van der Waals surface area (Å²) in [5.41, 5.74) is 7.23. The molecule has 0 aromatic carbocycles. The summed E-state index contributed by atoms with van der Waals surface area (Å²) in [6.07, 6.45) is 3.36. The lowest BCUT2D eigenvalue weighted by molar-refractivity contribution is 0.0790. The van der Waals surface area contributed by atoms with Crippen LogP contribution in [0.3, 0.4) is 0 Å². The van der Waals surface area contributed by atoms with Gasteiger partial charge in [0, 0.05) is 32.9 Å². The molecular formula is C12H22N4O. The van der Waals surface area contributed by atoms with E-state index in [0.717, 1.165) is 18.5 Å². The summed E-state index contributed by atoms with van der Waals surface area (Å²) in [6.45, 7) is 4.62. The van der Waals surface area contributed by atoms with Gasteiger partial charge in [0.2, 0.25) is 0 Å². The smallest absolute Gasteiger partial charge is 0.257 e. The molecule has 1 heterocycles. The molecule has 0 aliphatic carbocycles. The third-order valence-corrected chi connectivity index (χ3v) is 2.74. The summed E-state index contributed by atoms with van der Waals surface area (Å²) in [6, 6.07) is 0.116. The van der Waals surface area contributed by atoms with E-state index >= 15 is 0 Å². The predicted molar refractivity (Wildman–Crippen MR) is 67.8 cm³/mol. The molecule has 0 fully saturated rings. The fourth-order valence-corrected chi connectivity index (χ4v) is 1.68. The Morgan fingerprint density at radius 2 is 2.29 bits per heavy atom. The molecule has 1 unspecified atom stereocenters. The van der Waals surface area contributed by atoms with Crippen molar-refractivity contribution in [3.63, 3.8) is 0 Å². The average Bonchev–Trinajstić information content (AvgIpc) is 2.66. The number of carbonyl (C=O) groups excluding carboxylic acids is 1. The maximum Gasteiger partial charge on any atom is 0.257 e. The van der Waals surface area contributed by atoms with E-state index in [-0.39, 0.29) is 11.9 Å². The van der Waals surface area contributed by atoms with Crippen LogP contribution in [0.1, 0.15) is 36.3 Å². The van der Waals surface area contributed by atoms with Gasteiger partial charge in [-0.2, -0.15) is 5.10 Å². The third-order valence-electron chi connectivity index (χ3n) is 2.74. The first-order valence-corrected chi connectivity index (χ1v) is 5.99. The highest BCUT2D eigenvalue weighted by Gasteiger charge is 2.18. The second-order valence-electron chi connectivity index (χ2n) is 4.51. The topological polar surface area (TPSA) is 64.2 Å². The lowest BCUT2D eigenvalue weighted by Gasteiger charge is -2.18. The fourth-order valence-electron chi connectivity index (χ4n) is 1.68. The van der Waals surface area contributed by atoms with Crippen molar-refractivity contribution in [1.82, 2.24) is 14.7 Å². The molecule has 0 spiro atoms. The zero-order chi connectivity index (χ0) is 13.0. The van der Waals surface area contributed by atoms with Crippen LogP contribution < -0.4 is 5.73 Å². The minimum Gasteiger partial charge on any atom is -0.342 e. The molecule has 96 valence electrons. The number of rotatable bonds is 5. The Labute approximate surface area is 103 Å². The van der Waals surface area contributed by atoms with Gasteiger partial charge in [-0.05, 0) is 19.8 Å². The normalized spacial score (nSPS) is 12.5. The molecule has 0 aliphatic rings. The number of nitrogens with zero attached hydrogens (tertiary/aromatic N) is 3. The highest BCUT2D eigenvalue weighted by molar-refractivity contribution is 5.94. The van der Waals surface area contributed by atoms with E-state index in [4.69, 9.17) is 5.73 Å². The van der Waals surface area contributed by atoms with Gasteiger partial charge in [0.05, 0.1) is 11.3 Å². The van der Waals surface area contributed by atoms with E-state index in [1.807, 2.05) is 20.9 Å². The van der Waals surface area contributed by atoms with Gasteiger partial charge in [-0.15, -0.1) is 0 Å². The monoisotopic (exact) mass is 238 g/mol. The van der Waals surface area contributed by atoms with Crippen LogP contribution in [0.25, 0.3) is 0 Å². The highest BCUT2D eigenvalue weighted by Crippen LogP contribution is 2.10. The van der Waals surface area contributed by atoms with E-state index in [0.29, 0.717) is 12.1 Å². The Hall–Kier alpha value is -1.36. The second kappa shape index (κ2) is 5.82. The van der Waals surface area contributed by atoms with Gasteiger partial charge in [0.25, 0.3) is 5.91 Å². The molecular weight excluding hydrogens is 216 g/mol. The average molecular weight is 238 g/mol. The van der Waals surface area contributed by atoms with Crippen LogP contribution in [0.4, 0.5) is 0 Å². The van der Waals surface area contributed by atoms with Crippen molar-refractivity contribution in [1.29, 1.82) is 0 Å². The predicted octanol–water partition coefficient (Wildman–Crippen LogP) is 0.792. The number of carbonyl (C=O) groups is 1. The van der Waals surface area contributed by atoms with Crippen molar-refractivity contribution >= 4 is 5.91 Å². The number of nitrogens with two attached hydrogens (primary N) is 1. The molecule has 5 heteroatoms. The third kappa shape index (κ3) is 3.56. The number of hydrogen-bond acceptors (Lipinski definition) is 3. The highest BCUT2D eigenvalue weighted by atomic mass is 16.2. The Bertz CT molecular complexity index is 384. The summed E-state index contributed by atoms with van der Waals surface area (Å²) in [4.78, 5) is 13.9. The summed E-state index contributed by atoms with van der Waals surface area (Å²) >= 11 is 0. The van der Waals surface area contributed by atoms with Crippen LogP contribution in [0.2, 0.25) is 0 Å². The van der Waals surface area contributed by atoms with Crippen molar-refractivity contribution < 1.29 is 4.79 Å². The molecule has 0 bridgehead atoms. The van der Waals surface area contributed by atoms with Gasteiger partial charge >= 0.3 is 0 Å². The molecule has 17 heavy (non-hydrogen) atoms. The van der Waals surface area contributed by atoms with Crippen LogP contribution >= 0.6 is 0 Å². The summed E-state index contributed by atoms with van der Waals surface area (Å²) in [5.74, 6) is 0.0237. The molecule has 1 atom stereocenters. The molecule has 2 N–H and O–H groups in total. The standard InChI is InChI=1S/C12H22N4O/c1-5-11-10(8-16(4)14-11)12(17)15(3)7-6-9(2)13/h8-9H,5-7,13H2,1-4H3. The molecule has 0 saturated heterocycles. The van der Waals surface area contributed by atoms with Crippen LogP contribution in [-0.2, 0) is 13.5 Å². The molecule has 0 radical (unpaired) electrons. The molecule has 0 saturated carbocycles. The first kappa shape index (κ1) is 13.7. The number of aromatic nitrogens is 2. The lowest BCUT2D eigenvalue weighted by Crippen LogP contribution is -2.31. The molecule has 5 nitrogen and oxygen atoms in total. The van der Waals surface area contributed by atoms with Crippen molar-refractivity contribution in [3.05, 3.63) is 17.5 Å². The van der Waals surface area contributed by atoms with E-state index in [1.54, 1.807) is 22.8 Å². The molecule has 0 aliphatic heterocycles. The Morgan fingerprint density at radius 1 is 1.65 bits per heavy atom. The maximum atomic E-state index is 12.2. The van der Waals surface area contributed by atoms with E-state index in [1.165, 1.54) is 0 Å². The first-order chi connectivity index (χ1) is 7.95. The van der Waals surface area contributed by atoms with Gasteiger partial charge in [-0.1, -0.05) is 6.92 Å². The van der Waals surface area contributed by atoms with Gasteiger partial charge < -0.3 is 10.6 Å². The van der Waals surface area contributed by atoms with Crippen LogP contribution in [0.5, 0.6) is 0 Å². The van der Waals surface area contributed by atoms with Crippen molar-refractivity contribution in [3.8, 4) is 0 Å². The number of aryl methyl sites for hydroxylation is 2. The van der Waals surface area contributed by atoms with Crippen LogP contribution in [0, 0.1) is 0 Å². The Morgan fingerprint density at radius 3 is 2.82 bits per heavy atom.